The van der Waals surface area contributed by atoms with Gasteiger partial charge in [-0.2, -0.15) is 0 Å². The van der Waals surface area contributed by atoms with Gasteiger partial charge in [-0.25, -0.2) is 8.42 Å². The maximum atomic E-state index is 13.0. The molecule has 0 spiro atoms. The van der Waals surface area contributed by atoms with Gasteiger partial charge in [-0.3, -0.25) is 14.4 Å². The number of amides is 1. The molecular formula is C21H23ClN4O4S2. The second kappa shape index (κ2) is 10.3. The number of hydrogen-bond acceptors (Lipinski definition) is 7. The second-order valence-corrected chi connectivity index (χ2v) is 10.1. The van der Waals surface area contributed by atoms with Crippen LogP contribution in [0.4, 0.5) is 10.8 Å². The zero-order chi connectivity index (χ0) is 23.3. The van der Waals surface area contributed by atoms with E-state index in [0.29, 0.717) is 28.1 Å². The average Bonchev–Trinajstić information content (AvgIpc) is 3.21. The Kier molecular flexibility index (Phi) is 7.70. The van der Waals surface area contributed by atoms with E-state index >= 15 is 0 Å². The molecule has 1 aromatic heterocycles. The third kappa shape index (κ3) is 5.76. The molecule has 1 heterocycles. The van der Waals surface area contributed by atoms with Crippen LogP contribution in [0.25, 0.3) is 10.6 Å². The molecule has 0 saturated carbocycles. The van der Waals surface area contributed by atoms with Gasteiger partial charge >= 0.3 is 0 Å². The van der Waals surface area contributed by atoms with E-state index < -0.39 is 22.0 Å². The third-order valence-corrected chi connectivity index (χ3v) is 6.80. The molecule has 0 fully saturated rings. The Bertz CT molecular complexity index is 1170. The van der Waals surface area contributed by atoms with Crippen molar-refractivity contribution < 1.29 is 17.9 Å². The summed E-state index contributed by atoms with van der Waals surface area (Å²) in [5.74, 6) is 0.122. The lowest BCUT2D eigenvalue weighted by molar-refractivity contribution is -0.117. The van der Waals surface area contributed by atoms with E-state index in [4.69, 9.17) is 16.3 Å². The smallest absolute Gasteiger partial charge is 0.250 e. The zero-order valence-electron chi connectivity index (χ0n) is 17.8. The van der Waals surface area contributed by atoms with Gasteiger partial charge in [0.05, 0.1) is 18.6 Å². The Morgan fingerprint density at radius 2 is 1.78 bits per heavy atom. The number of anilines is 2. The monoisotopic (exact) mass is 494 g/mol. The Morgan fingerprint density at radius 3 is 2.34 bits per heavy atom. The molecule has 0 radical (unpaired) electrons. The topological polar surface area (TPSA) is 101 Å². The molecule has 1 unspecified atom stereocenters. The molecule has 0 aliphatic carbocycles. The highest BCUT2D eigenvalue weighted by molar-refractivity contribution is 7.92. The lowest BCUT2D eigenvalue weighted by atomic mass is 10.2. The van der Waals surface area contributed by atoms with Crippen LogP contribution in [0.15, 0.2) is 48.5 Å². The van der Waals surface area contributed by atoms with Gasteiger partial charge in [0.25, 0.3) is 0 Å². The Morgan fingerprint density at radius 1 is 1.12 bits per heavy atom. The number of halogens is 1. The molecular weight excluding hydrogens is 472 g/mol. The van der Waals surface area contributed by atoms with Crippen molar-refractivity contribution in [1.82, 2.24) is 10.2 Å². The number of sulfonamides is 1. The van der Waals surface area contributed by atoms with Crippen molar-refractivity contribution in [3.63, 3.8) is 0 Å². The minimum absolute atomic E-state index is 0.259. The first kappa shape index (κ1) is 24.0. The molecule has 1 amide bonds. The number of benzene rings is 2. The van der Waals surface area contributed by atoms with Gasteiger partial charge in [-0.1, -0.05) is 42.0 Å². The van der Waals surface area contributed by atoms with E-state index in [-0.39, 0.29) is 11.6 Å². The highest BCUT2D eigenvalue weighted by Gasteiger charge is 2.32. The van der Waals surface area contributed by atoms with E-state index in [2.05, 4.69) is 15.5 Å². The maximum absolute atomic E-state index is 13.0. The third-order valence-electron chi connectivity index (χ3n) is 4.48. The first-order valence-electron chi connectivity index (χ1n) is 9.85. The molecule has 11 heteroatoms. The number of aromatic nitrogens is 2. The summed E-state index contributed by atoms with van der Waals surface area (Å²) in [6, 6.07) is 12.7. The van der Waals surface area contributed by atoms with Gasteiger partial charge in [0.15, 0.2) is 0 Å². The van der Waals surface area contributed by atoms with E-state index in [9.17, 15) is 13.2 Å². The normalized spacial score (nSPS) is 12.2. The summed E-state index contributed by atoms with van der Waals surface area (Å²) in [7, 11) is -3.75. The van der Waals surface area contributed by atoms with Gasteiger partial charge in [0.1, 0.15) is 16.8 Å². The van der Waals surface area contributed by atoms with Crippen molar-refractivity contribution in [2.75, 3.05) is 22.5 Å². The largest absolute Gasteiger partial charge is 0.494 e. The standard InChI is InChI=1S/C21H23ClN4O4S2/c1-4-18(26(32(3,28)29)16-10-12-17(13-11-16)30-5-2)19(27)23-21-25-24-20(31-21)14-6-8-15(22)9-7-14/h6-13,18H,4-5H2,1-3H3,(H,23,25,27). The number of carbonyl (C=O) groups is 1. The fourth-order valence-electron chi connectivity index (χ4n) is 3.09. The minimum Gasteiger partial charge on any atom is -0.494 e. The quantitative estimate of drug-likeness (QED) is 0.472. The molecule has 8 nitrogen and oxygen atoms in total. The predicted octanol–water partition coefficient (Wildman–Crippen LogP) is 4.44. The molecule has 0 saturated heterocycles. The number of hydrogen-bond donors (Lipinski definition) is 1. The number of nitrogens with zero attached hydrogens (tertiary/aromatic N) is 3. The van der Waals surface area contributed by atoms with Crippen molar-refractivity contribution >= 4 is 49.7 Å². The zero-order valence-corrected chi connectivity index (χ0v) is 20.2. The van der Waals surface area contributed by atoms with Gasteiger partial charge in [0, 0.05) is 10.6 Å². The van der Waals surface area contributed by atoms with E-state index in [1.807, 2.05) is 6.92 Å². The molecule has 2 aromatic carbocycles. The summed E-state index contributed by atoms with van der Waals surface area (Å²) in [4.78, 5) is 13.0. The van der Waals surface area contributed by atoms with E-state index in [0.717, 1.165) is 16.1 Å². The van der Waals surface area contributed by atoms with E-state index in [1.54, 1.807) is 55.5 Å². The van der Waals surface area contributed by atoms with Gasteiger partial charge in [-0.15, -0.1) is 10.2 Å². The summed E-state index contributed by atoms with van der Waals surface area (Å²) >= 11 is 7.10. The Hall–Kier alpha value is -2.69. The summed E-state index contributed by atoms with van der Waals surface area (Å²) in [6.45, 7) is 4.10. The average molecular weight is 495 g/mol. The molecule has 3 aromatic rings. The van der Waals surface area contributed by atoms with Crippen LogP contribution >= 0.6 is 22.9 Å². The molecule has 32 heavy (non-hydrogen) atoms. The van der Waals surface area contributed by atoms with E-state index in [1.165, 1.54) is 11.3 Å². The second-order valence-electron chi connectivity index (χ2n) is 6.82. The lowest BCUT2D eigenvalue weighted by Crippen LogP contribution is -2.47. The maximum Gasteiger partial charge on any atom is 0.250 e. The van der Waals surface area contributed by atoms with Crippen LogP contribution in [-0.4, -0.2) is 43.4 Å². The highest BCUT2D eigenvalue weighted by atomic mass is 35.5. The minimum atomic E-state index is -3.75. The molecule has 170 valence electrons. The van der Waals surface area contributed by atoms with Crippen molar-refractivity contribution in [2.24, 2.45) is 0 Å². The lowest BCUT2D eigenvalue weighted by Gasteiger charge is -2.29. The summed E-state index contributed by atoms with van der Waals surface area (Å²) in [5.41, 5.74) is 1.18. The fraction of sp³-hybridized carbons (Fsp3) is 0.286. The first-order chi connectivity index (χ1) is 15.2. The van der Waals surface area contributed by atoms with Crippen LogP contribution in [0.2, 0.25) is 5.02 Å². The fourth-order valence-corrected chi connectivity index (χ4v) is 5.18. The van der Waals surface area contributed by atoms with Crippen LogP contribution in [0.1, 0.15) is 20.3 Å². The van der Waals surface area contributed by atoms with Crippen LogP contribution in [0.3, 0.4) is 0 Å². The Balaban J connectivity index is 1.83. The number of rotatable bonds is 9. The number of nitrogens with one attached hydrogen (secondary N) is 1. The van der Waals surface area contributed by atoms with Gasteiger partial charge in [-0.05, 0) is 49.7 Å². The van der Waals surface area contributed by atoms with Crippen LogP contribution in [0.5, 0.6) is 5.75 Å². The molecule has 1 N–H and O–H groups in total. The molecule has 1 atom stereocenters. The van der Waals surface area contributed by atoms with Crippen molar-refractivity contribution in [3.8, 4) is 16.3 Å². The van der Waals surface area contributed by atoms with Crippen molar-refractivity contribution in [1.29, 1.82) is 0 Å². The van der Waals surface area contributed by atoms with Crippen LogP contribution in [0, 0.1) is 0 Å². The molecule has 0 bridgehead atoms. The summed E-state index contributed by atoms with van der Waals surface area (Å²) in [6.07, 6.45) is 1.33. The SMILES string of the molecule is CCOc1ccc(N(C(CC)C(=O)Nc2nnc(-c3ccc(Cl)cc3)s2)S(C)(=O)=O)cc1. The summed E-state index contributed by atoms with van der Waals surface area (Å²) < 4.78 is 31.7. The molecule has 3 rings (SSSR count). The number of ether oxygens (including phenoxy) is 1. The predicted molar refractivity (Wildman–Crippen MR) is 128 cm³/mol. The first-order valence-corrected chi connectivity index (χ1v) is 12.9. The van der Waals surface area contributed by atoms with Crippen molar-refractivity contribution in [3.05, 3.63) is 53.6 Å². The van der Waals surface area contributed by atoms with Crippen molar-refractivity contribution in [2.45, 2.75) is 26.3 Å². The molecule has 0 aliphatic heterocycles. The molecule has 0 aliphatic rings. The van der Waals surface area contributed by atoms with Gasteiger partial charge in [0.2, 0.25) is 21.1 Å². The van der Waals surface area contributed by atoms with Crippen LogP contribution < -0.4 is 14.4 Å². The van der Waals surface area contributed by atoms with Gasteiger partial charge < -0.3 is 4.74 Å². The highest BCUT2D eigenvalue weighted by Crippen LogP contribution is 2.29. The number of carbonyl (C=O) groups excluding carboxylic acids is 1. The summed E-state index contributed by atoms with van der Waals surface area (Å²) in [5, 5.41) is 12.3. The Labute approximate surface area is 196 Å². The van der Waals surface area contributed by atoms with Crippen LogP contribution in [-0.2, 0) is 14.8 Å².